The van der Waals surface area contributed by atoms with E-state index in [2.05, 4.69) is 5.32 Å². The molecule has 0 saturated heterocycles. The lowest BCUT2D eigenvalue weighted by molar-refractivity contribution is -0.137. The molecule has 0 bridgehead atoms. The van der Waals surface area contributed by atoms with Gasteiger partial charge in [0.1, 0.15) is 5.82 Å². The number of anilines is 1. The number of rotatable bonds is 3. The Labute approximate surface area is 117 Å². The second-order valence-corrected chi connectivity index (χ2v) is 4.20. The van der Waals surface area contributed by atoms with Gasteiger partial charge in [-0.25, -0.2) is 4.39 Å². The third-order valence-corrected chi connectivity index (χ3v) is 2.40. The molecule has 2 amide bonds. The Bertz CT molecular complexity index is 546. The smallest absolute Gasteiger partial charge is 0.394 e. The average Bonchev–Trinajstić information content (AvgIpc) is 2.39. The number of halogens is 4. The largest absolute Gasteiger partial charge is 0.416 e. The van der Waals surface area contributed by atoms with Crippen molar-refractivity contribution in [3.8, 4) is 0 Å². The highest BCUT2D eigenvalue weighted by molar-refractivity contribution is 6.39. The van der Waals surface area contributed by atoms with Gasteiger partial charge in [-0.1, -0.05) is 0 Å². The Morgan fingerprint density at radius 2 is 1.90 bits per heavy atom. The summed E-state index contributed by atoms with van der Waals surface area (Å²) in [5.74, 6) is -3.65. The number of alkyl halides is 3. The number of aliphatic hydroxyl groups excluding tert-OH is 1. The van der Waals surface area contributed by atoms with E-state index >= 15 is 0 Å². The maximum absolute atomic E-state index is 13.4. The minimum Gasteiger partial charge on any atom is -0.394 e. The minimum absolute atomic E-state index is 0.385. The summed E-state index contributed by atoms with van der Waals surface area (Å²) in [6.07, 6.45) is -4.71. The van der Waals surface area contributed by atoms with Crippen LogP contribution in [0.1, 0.15) is 12.5 Å². The van der Waals surface area contributed by atoms with Gasteiger partial charge in [0.15, 0.2) is 0 Å². The van der Waals surface area contributed by atoms with Crippen LogP contribution in [0.25, 0.3) is 0 Å². The molecule has 1 aromatic rings. The number of hydrogen-bond acceptors (Lipinski definition) is 3. The fourth-order valence-electron chi connectivity index (χ4n) is 1.31. The molecule has 5 nitrogen and oxygen atoms in total. The second-order valence-electron chi connectivity index (χ2n) is 4.20. The summed E-state index contributed by atoms with van der Waals surface area (Å²) in [6, 6.07) is 0.705. The fraction of sp³-hybridized carbons (Fsp3) is 0.333. The third-order valence-electron chi connectivity index (χ3n) is 2.40. The van der Waals surface area contributed by atoms with E-state index in [0.29, 0.717) is 18.2 Å². The SMILES string of the molecule is CC(CO)NC(=O)C(=O)Nc1cc(C(F)(F)F)ccc1F. The average molecular weight is 308 g/mol. The monoisotopic (exact) mass is 308 g/mol. The molecule has 3 N–H and O–H groups in total. The molecule has 0 aliphatic rings. The van der Waals surface area contributed by atoms with Crippen molar-refractivity contribution in [1.29, 1.82) is 0 Å². The van der Waals surface area contributed by atoms with Crippen molar-refractivity contribution in [2.24, 2.45) is 0 Å². The quantitative estimate of drug-likeness (QED) is 0.581. The van der Waals surface area contributed by atoms with Crippen LogP contribution in [0.15, 0.2) is 18.2 Å². The number of carbonyl (C=O) groups is 2. The summed E-state index contributed by atoms with van der Waals surface area (Å²) in [6.45, 7) is 0.965. The van der Waals surface area contributed by atoms with Gasteiger partial charge in [0.05, 0.1) is 17.9 Å². The molecular weight excluding hydrogens is 296 g/mol. The van der Waals surface area contributed by atoms with Crippen molar-refractivity contribution < 1.29 is 32.3 Å². The van der Waals surface area contributed by atoms with Crippen LogP contribution in [-0.4, -0.2) is 29.6 Å². The van der Waals surface area contributed by atoms with Crippen molar-refractivity contribution in [3.05, 3.63) is 29.6 Å². The highest BCUT2D eigenvalue weighted by Crippen LogP contribution is 2.31. The molecule has 0 aliphatic carbocycles. The highest BCUT2D eigenvalue weighted by Gasteiger charge is 2.31. The molecule has 1 aromatic carbocycles. The molecule has 0 aliphatic heterocycles. The first kappa shape index (κ1) is 16.9. The molecule has 0 fully saturated rings. The third kappa shape index (κ3) is 4.71. The Morgan fingerprint density at radius 1 is 1.29 bits per heavy atom. The first-order valence-electron chi connectivity index (χ1n) is 5.74. The maximum Gasteiger partial charge on any atom is 0.416 e. The van der Waals surface area contributed by atoms with Gasteiger partial charge < -0.3 is 15.7 Å². The summed E-state index contributed by atoms with van der Waals surface area (Å²) in [5, 5.41) is 12.5. The van der Waals surface area contributed by atoms with Gasteiger partial charge in [-0.05, 0) is 25.1 Å². The number of nitrogens with one attached hydrogen (secondary N) is 2. The fourth-order valence-corrected chi connectivity index (χ4v) is 1.31. The molecule has 21 heavy (non-hydrogen) atoms. The molecule has 0 aromatic heterocycles. The number of amides is 2. The van der Waals surface area contributed by atoms with Crippen LogP contribution in [0.5, 0.6) is 0 Å². The summed E-state index contributed by atoms with van der Waals surface area (Å²) >= 11 is 0. The van der Waals surface area contributed by atoms with E-state index in [0.717, 1.165) is 0 Å². The summed E-state index contributed by atoms with van der Waals surface area (Å²) in [7, 11) is 0. The molecular formula is C12H12F4N2O3. The van der Waals surface area contributed by atoms with Crippen LogP contribution in [0.4, 0.5) is 23.2 Å². The minimum atomic E-state index is -4.71. The molecule has 1 atom stereocenters. The number of carbonyl (C=O) groups excluding carboxylic acids is 2. The van der Waals surface area contributed by atoms with Crippen LogP contribution in [0.3, 0.4) is 0 Å². The molecule has 1 unspecified atom stereocenters. The number of hydrogen-bond donors (Lipinski definition) is 3. The Kier molecular flexibility index (Phi) is 5.25. The van der Waals surface area contributed by atoms with Crippen molar-refractivity contribution in [2.75, 3.05) is 11.9 Å². The zero-order chi connectivity index (χ0) is 16.2. The van der Waals surface area contributed by atoms with Gasteiger partial charge in [-0.3, -0.25) is 9.59 Å². The van der Waals surface area contributed by atoms with E-state index < -0.39 is 47.7 Å². The number of benzene rings is 1. The van der Waals surface area contributed by atoms with Crippen molar-refractivity contribution in [1.82, 2.24) is 5.32 Å². The van der Waals surface area contributed by atoms with E-state index in [4.69, 9.17) is 5.11 Å². The van der Waals surface area contributed by atoms with Gasteiger partial charge >= 0.3 is 18.0 Å². The molecule has 0 heterocycles. The van der Waals surface area contributed by atoms with Crippen LogP contribution >= 0.6 is 0 Å². The highest BCUT2D eigenvalue weighted by atomic mass is 19.4. The molecule has 0 spiro atoms. The van der Waals surface area contributed by atoms with E-state index in [9.17, 15) is 27.2 Å². The Morgan fingerprint density at radius 3 is 2.43 bits per heavy atom. The van der Waals surface area contributed by atoms with Gasteiger partial charge in [0.2, 0.25) is 0 Å². The maximum atomic E-state index is 13.4. The summed E-state index contributed by atoms with van der Waals surface area (Å²) in [4.78, 5) is 22.8. The molecule has 116 valence electrons. The zero-order valence-corrected chi connectivity index (χ0v) is 10.8. The lowest BCUT2D eigenvalue weighted by Crippen LogP contribution is -2.42. The lowest BCUT2D eigenvalue weighted by Gasteiger charge is -2.12. The standard InChI is InChI=1S/C12H12F4N2O3/c1-6(5-19)17-10(20)11(21)18-9-4-7(12(14,15)16)2-3-8(9)13/h2-4,6,19H,5H2,1H3,(H,17,20)(H,18,21). The number of aliphatic hydroxyl groups is 1. The van der Waals surface area contributed by atoms with E-state index in [1.807, 2.05) is 0 Å². The zero-order valence-electron chi connectivity index (χ0n) is 10.8. The van der Waals surface area contributed by atoms with Gasteiger partial charge in [0, 0.05) is 6.04 Å². The van der Waals surface area contributed by atoms with E-state index in [1.54, 1.807) is 5.32 Å². The molecule has 0 saturated carbocycles. The Balaban J connectivity index is 2.87. The summed E-state index contributed by atoms with van der Waals surface area (Å²) < 4.78 is 50.8. The normalized spacial score (nSPS) is 12.7. The first-order valence-corrected chi connectivity index (χ1v) is 5.74. The Hall–Kier alpha value is -2.16. The van der Waals surface area contributed by atoms with Crippen LogP contribution < -0.4 is 10.6 Å². The predicted molar refractivity (Wildman–Crippen MR) is 64.7 cm³/mol. The van der Waals surface area contributed by atoms with Crippen LogP contribution in [-0.2, 0) is 15.8 Å². The van der Waals surface area contributed by atoms with Gasteiger partial charge in [-0.15, -0.1) is 0 Å². The van der Waals surface area contributed by atoms with Crippen molar-refractivity contribution >= 4 is 17.5 Å². The molecule has 0 radical (unpaired) electrons. The molecule has 9 heteroatoms. The van der Waals surface area contributed by atoms with Gasteiger partial charge in [-0.2, -0.15) is 13.2 Å². The van der Waals surface area contributed by atoms with Gasteiger partial charge in [0.25, 0.3) is 0 Å². The summed E-state index contributed by atoms with van der Waals surface area (Å²) in [5.41, 5.74) is -1.93. The molecule has 1 rings (SSSR count). The van der Waals surface area contributed by atoms with Crippen LogP contribution in [0, 0.1) is 5.82 Å². The topological polar surface area (TPSA) is 78.4 Å². The first-order chi connectivity index (χ1) is 9.65. The second kappa shape index (κ2) is 6.53. The lowest BCUT2D eigenvalue weighted by atomic mass is 10.2. The predicted octanol–water partition coefficient (Wildman–Crippen LogP) is 1.28. The van der Waals surface area contributed by atoms with Crippen molar-refractivity contribution in [3.63, 3.8) is 0 Å². The van der Waals surface area contributed by atoms with Crippen molar-refractivity contribution in [2.45, 2.75) is 19.1 Å². The van der Waals surface area contributed by atoms with E-state index in [-0.39, 0.29) is 0 Å². The van der Waals surface area contributed by atoms with Crippen LogP contribution in [0.2, 0.25) is 0 Å². The van der Waals surface area contributed by atoms with E-state index in [1.165, 1.54) is 6.92 Å².